The van der Waals surface area contributed by atoms with Crippen molar-refractivity contribution < 1.29 is 23.6 Å². The first-order chi connectivity index (χ1) is 8.81. The van der Waals surface area contributed by atoms with Crippen LogP contribution in [0.2, 0.25) is 0 Å². The third-order valence-electron chi connectivity index (χ3n) is 2.74. The van der Waals surface area contributed by atoms with E-state index >= 15 is 0 Å². The number of benzene rings is 1. The fraction of sp³-hybridized carbons (Fsp3) is 0.364. The lowest BCUT2D eigenvalue weighted by Gasteiger charge is -2.25. The summed E-state index contributed by atoms with van der Waals surface area (Å²) in [5, 5.41) is 19.8. The van der Waals surface area contributed by atoms with Crippen molar-refractivity contribution in [1.29, 1.82) is 0 Å². The van der Waals surface area contributed by atoms with Gasteiger partial charge in [0.2, 0.25) is 0 Å². The molecule has 6 nitrogen and oxygen atoms in total. The Balaban J connectivity index is 3.42. The second kappa shape index (κ2) is 5.59. The van der Waals surface area contributed by atoms with Gasteiger partial charge in [-0.2, -0.15) is 0 Å². The minimum absolute atomic E-state index is 0.0823. The monoisotopic (exact) mass is 274 g/mol. The van der Waals surface area contributed by atoms with Gasteiger partial charge in [0.25, 0.3) is 5.69 Å². The van der Waals surface area contributed by atoms with Crippen molar-refractivity contribution >= 4 is 17.3 Å². The van der Waals surface area contributed by atoms with Crippen molar-refractivity contribution in [3.05, 3.63) is 33.9 Å². The van der Waals surface area contributed by atoms with E-state index in [-0.39, 0.29) is 6.42 Å². The molecule has 104 valence electrons. The number of halogens is 2. The molecule has 1 N–H and O–H groups in total. The Hall–Kier alpha value is -2.25. The molecule has 0 saturated carbocycles. The Kier molecular flexibility index (Phi) is 4.36. The molecule has 0 saturated heterocycles. The van der Waals surface area contributed by atoms with Crippen LogP contribution in [0.3, 0.4) is 0 Å². The number of nitrogens with zero attached hydrogens (tertiary/aromatic N) is 2. The SMILES string of the molecule is CCC(C(=O)O)N(C)c1c([N+](=O)[O-])ccc(F)c1F. The van der Waals surface area contributed by atoms with Gasteiger partial charge >= 0.3 is 5.97 Å². The number of hydrogen-bond acceptors (Lipinski definition) is 4. The second-order valence-electron chi connectivity index (χ2n) is 3.86. The molecule has 0 fully saturated rings. The first-order valence-electron chi connectivity index (χ1n) is 5.39. The highest BCUT2D eigenvalue weighted by atomic mass is 19.2. The van der Waals surface area contributed by atoms with Crippen LogP contribution in [0.4, 0.5) is 20.2 Å². The summed E-state index contributed by atoms with van der Waals surface area (Å²) in [5.41, 5.74) is -1.35. The van der Waals surface area contributed by atoms with Crippen LogP contribution in [0.1, 0.15) is 13.3 Å². The number of likely N-dealkylation sites (N-methyl/N-ethyl adjacent to an activating group) is 1. The zero-order valence-corrected chi connectivity index (χ0v) is 10.3. The molecule has 0 aliphatic carbocycles. The summed E-state index contributed by atoms with van der Waals surface area (Å²) in [6, 6.07) is 0.251. The number of nitro benzene ring substituents is 1. The summed E-state index contributed by atoms with van der Waals surface area (Å²) in [4.78, 5) is 21.8. The number of rotatable bonds is 5. The first-order valence-corrected chi connectivity index (χ1v) is 5.39. The van der Waals surface area contributed by atoms with Crippen molar-refractivity contribution in [2.75, 3.05) is 11.9 Å². The lowest BCUT2D eigenvalue weighted by molar-refractivity contribution is -0.384. The Morgan fingerprint density at radius 2 is 2.11 bits per heavy atom. The summed E-state index contributed by atoms with van der Waals surface area (Å²) in [6.45, 7) is 1.53. The molecule has 0 radical (unpaired) electrons. The van der Waals surface area contributed by atoms with E-state index in [0.29, 0.717) is 6.07 Å². The van der Waals surface area contributed by atoms with Gasteiger partial charge in [-0.15, -0.1) is 0 Å². The van der Waals surface area contributed by atoms with Crippen LogP contribution in [0, 0.1) is 21.7 Å². The predicted octanol–water partition coefficient (Wildman–Crippen LogP) is 2.17. The van der Waals surface area contributed by atoms with Crippen LogP contribution in [0.15, 0.2) is 12.1 Å². The molecular weight excluding hydrogens is 262 g/mol. The van der Waals surface area contributed by atoms with E-state index in [9.17, 15) is 23.7 Å². The number of nitro groups is 1. The summed E-state index contributed by atoms with van der Waals surface area (Å²) >= 11 is 0. The van der Waals surface area contributed by atoms with E-state index in [0.717, 1.165) is 11.0 Å². The first kappa shape index (κ1) is 14.8. The van der Waals surface area contributed by atoms with Crippen LogP contribution in [0.25, 0.3) is 0 Å². The van der Waals surface area contributed by atoms with Gasteiger partial charge in [-0.1, -0.05) is 6.92 Å². The smallest absolute Gasteiger partial charge is 0.326 e. The topological polar surface area (TPSA) is 83.7 Å². The fourth-order valence-electron chi connectivity index (χ4n) is 1.78. The van der Waals surface area contributed by atoms with Crippen LogP contribution in [-0.4, -0.2) is 29.1 Å². The second-order valence-corrected chi connectivity index (χ2v) is 3.86. The number of anilines is 1. The molecule has 1 aromatic carbocycles. The highest BCUT2D eigenvalue weighted by molar-refractivity contribution is 5.80. The van der Waals surface area contributed by atoms with Crippen molar-refractivity contribution in [2.45, 2.75) is 19.4 Å². The lowest BCUT2D eigenvalue weighted by atomic mass is 10.1. The molecule has 0 aliphatic rings. The van der Waals surface area contributed by atoms with E-state index in [4.69, 9.17) is 5.11 Å². The van der Waals surface area contributed by atoms with E-state index in [1.807, 2.05) is 0 Å². The Morgan fingerprint density at radius 1 is 1.53 bits per heavy atom. The molecule has 1 unspecified atom stereocenters. The summed E-state index contributed by atoms with van der Waals surface area (Å²) < 4.78 is 26.9. The largest absolute Gasteiger partial charge is 0.480 e. The maximum atomic E-state index is 13.7. The van der Waals surface area contributed by atoms with Crippen molar-refractivity contribution in [3.63, 3.8) is 0 Å². The van der Waals surface area contributed by atoms with Crippen molar-refractivity contribution in [2.24, 2.45) is 0 Å². The number of carboxylic acids is 1. The molecule has 0 spiro atoms. The van der Waals surface area contributed by atoms with Crippen LogP contribution >= 0.6 is 0 Å². The van der Waals surface area contributed by atoms with Crippen molar-refractivity contribution in [1.82, 2.24) is 0 Å². The third-order valence-corrected chi connectivity index (χ3v) is 2.74. The van der Waals surface area contributed by atoms with Gasteiger partial charge in [-0.3, -0.25) is 10.1 Å². The maximum absolute atomic E-state index is 13.7. The van der Waals surface area contributed by atoms with Gasteiger partial charge in [0.05, 0.1) is 4.92 Å². The number of hydrogen-bond donors (Lipinski definition) is 1. The normalized spacial score (nSPS) is 12.0. The zero-order chi connectivity index (χ0) is 14.7. The van der Waals surface area contributed by atoms with E-state index in [1.165, 1.54) is 14.0 Å². The molecule has 1 aromatic rings. The predicted molar refractivity (Wildman–Crippen MR) is 63.1 cm³/mol. The molecule has 8 heteroatoms. The van der Waals surface area contributed by atoms with Gasteiger partial charge < -0.3 is 10.0 Å². The molecule has 0 bridgehead atoms. The quantitative estimate of drug-likeness (QED) is 0.657. The summed E-state index contributed by atoms with van der Waals surface area (Å²) in [6.07, 6.45) is 0.0823. The molecular formula is C11H12F2N2O4. The fourth-order valence-corrected chi connectivity index (χ4v) is 1.78. The number of aliphatic carboxylic acids is 1. The highest BCUT2D eigenvalue weighted by Crippen LogP contribution is 2.33. The molecule has 1 atom stereocenters. The molecule has 0 aromatic heterocycles. The van der Waals surface area contributed by atoms with Gasteiger partial charge in [0, 0.05) is 13.1 Å². The Bertz CT molecular complexity index is 522. The van der Waals surface area contributed by atoms with Gasteiger partial charge in [0.15, 0.2) is 17.3 Å². The molecule has 0 heterocycles. The Labute approximate surface area is 107 Å². The number of carboxylic acid groups (broad SMARTS) is 1. The third kappa shape index (κ3) is 2.78. The summed E-state index contributed by atoms with van der Waals surface area (Å²) in [5.74, 6) is -3.98. The van der Waals surface area contributed by atoms with E-state index in [2.05, 4.69) is 0 Å². The van der Waals surface area contributed by atoms with E-state index in [1.54, 1.807) is 0 Å². The number of carbonyl (C=O) groups is 1. The average molecular weight is 274 g/mol. The average Bonchev–Trinajstić information content (AvgIpc) is 2.32. The van der Waals surface area contributed by atoms with Crippen molar-refractivity contribution in [3.8, 4) is 0 Å². The van der Waals surface area contributed by atoms with Gasteiger partial charge in [-0.05, 0) is 12.5 Å². The standard InChI is InChI=1S/C11H12F2N2O4/c1-3-7(11(16)17)14(2)10-8(15(18)19)5-4-6(12)9(10)13/h4-5,7H,3H2,1-2H3,(H,16,17). The molecule has 1 rings (SSSR count). The lowest BCUT2D eigenvalue weighted by Crippen LogP contribution is -2.39. The molecule has 19 heavy (non-hydrogen) atoms. The minimum atomic E-state index is -1.43. The minimum Gasteiger partial charge on any atom is -0.480 e. The Morgan fingerprint density at radius 3 is 2.53 bits per heavy atom. The maximum Gasteiger partial charge on any atom is 0.326 e. The van der Waals surface area contributed by atoms with Crippen LogP contribution < -0.4 is 4.90 Å². The summed E-state index contributed by atoms with van der Waals surface area (Å²) in [7, 11) is 1.17. The molecule has 0 aliphatic heterocycles. The van der Waals surface area contributed by atoms with Crippen LogP contribution in [-0.2, 0) is 4.79 Å². The van der Waals surface area contributed by atoms with Gasteiger partial charge in [0.1, 0.15) is 6.04 Å². The van der Waals surface area contributed by atoms with Crippen LogP contribution in [0.5, 0.6) is 0 Å². The zero-order valence-electron chi connectivity index (χ0n) is 10.3. The van der Waals surface area contributed by atoms with E-state index < -0.39 is 39.9 Å². The molecule has 0 amide bonds. The highest BCUT2D eigenvalue weighted by Gasteiger charge is 2.30. The van der Waals surface area contributed by atoms with Gasteiger partial charge in [-0.25, -0.2) is 13.6 Å².